The highest BCUT2D eigenvalue weighted by atomic mass is 16.5. The van der Waals surface area contributed by atoms with E-state index in [4.69, 9.17) is 4.74 Å². The van der Waals surface area contributed by atoms with Crippen LogP contribution in [0.4, 0.5) is 0 Å². The second-order valence-corrected chi connectivity index (χ2v) is 7.09. The number of ether oxygens (including phenoxy) is 1. The molecule has 2 atom stereocenters. The molecule has 0 saturated carbocycles. The predicted octanol–water partition coefficient (Wildman–Crippen LogP) is 0.0307. The van der Waals surface area contributed by atoms with Crippen molar-refractivity contribution in [2.75, 3.05) is 72.1 Å². The molecule has 2 aliphatic rings. The third-order valence-electron chi connectivity index (χ3n) is 5.12. The van der Waals surface area contributed by atoms with Crippen molar-refractivity contribution in [3.8, 4) is 0 Å². The van der Waals surface area contributed by atoms with Gasteiger partial charge in [-0.2, -0.15) is 0 Å². The topological polar surface area (TPSA) is 59.4 Å². The first-order chi connectivity index (χ1) is 12.2. The summed E-state index contributed by atoms with van der Waals surface area (Å²) >= 11 is 0. The Morgan fingerprint density at radius 2 is 1.28 bits per heavy atom. The maximum Gasteiger partial charge on any atom is 0.0916 e. The summed E-state index contributed by atoms with van der Waals surface area (Å²) in [7, 11) is 0. The van der Waals surface area contributed by atoms with Crippen molar-refractivity contribution >= 4 is 0 Å². The number of aliphatic hydroxyl groups excluding tert-OH is 2. The van der Waals surface area contributed by atoms with Gasteiger partial charge in [0.05, 0.1) is 25.4 Å². The second kappa shape index (κ2) is 9.62. The molecule has 6 heteroatoms. The van der Waals surface area contributed by atoms with Crippen molar-refractivity contribution in [2.45, 2.75) is 12.2 Å². The number of benzene rings is 1. The Balaban J connectivity index is 1.35. The smallest absolute Gasteiger partial charge is 0.0916 e. The molecule has 0 aromatic heterocycles. The Kier molecular flexibility index (Phi) is 7.22. The molecule has 140 valence electrons. The first-order valence-electron chi connectivity index (χ1n) is 9.36. The van der Waals surface area contributed by atoms with E-state index in [1.54, 1.807) is 0 Å². The van der Waals surface area contributed by atoms with Crippen LogP contribution in [0, 0.1) is 0 Å². The number of rotatable bonds is 7. The van der Waals surface area contributed by atoms with E-state index in [2.05, 4.69) is 14.7 Å². The fourth-order valence-corrected chi connectivity index (χ4v) is 3.62. The van der Waals surface area contributed by atoms with Gasteiger partial charge in [0.25, 0.3) is 0 Å². The highest BCUT2D eigenvalue weighted by Gasteiger charge is 2.22. The molecule has 1 aromatic rings. The van der Waals surface area contributed by atoms with Gasteiger partial charge in [0, 0.05) is 58.9 Å². The van der Waals surface area contributed by atoms with Crippen LogP contribution in [0.1, 0.15) is 11.7 Å². The third-order valence-corrected chi connectivity index (χ3v) is 5.12. The van der Waals surface area contributed by atoms with Crippen LogP contribution in [-0.4, -0.2) is 103 Å². The second-order valence-electron chi connectivity index (χ2n) is 7.09. The number of β-amino-alcohol motifs (C(OH)–C–C–N with tert-alkyl or cyclic N) is 2. The van der Waals surface area contributed by atoms with E-state index >= 15 is 0 Å². The summed E-state index contributed by atoms with van der Waals surface area (Å²) in [5.41, 5.74) is 0.978. The lowest BCUT2D eigenvalue weighted by Gasteiger charge is -2.37. The van der Waals surface area contributed by atoms with Crippen LogP contribution in [0.3, 0.4) is 0 Å². The Labute approximate surface area is 150 Å². The summed E-state index contributed by atoms with van der Waals surface area (Å²) < 4.78 is 5.35. The van der Waals surface area contributed by atoms with Crippen molar-refractivity contribution in [1.82, 2.24) is 14.7 Å². The van der Waals surface area contributed by atoms with Crippen LogP contribution >= 0.6 is 0 Å². The Hall–Kier alpha value is -1.02. The Morgan fingerprint density at radius 1 is 0.760 bits per heavy atom. The summed E-state index contributed by atoms with van der Waals surface area (Å²) in [6.07, 6.45) is -0.737. The maximum atomic E-state index is 10.4. The Bertz CT molecular complexity index is 488. The largest absolute Gasteiger partial charge is 0.390 e. The molecule has 0 spiro atoms. The molecule has 0 bridgehead atoms. The zero-order valence-corrected chi connectivity index (χ0v) is 15.0. The number of hydrogen-bond acceptors (Lipinski definition) is 6. The average molecular weight is 349 g/mol. The molecule has 3 rings (SSSR count). The molecule has 1 aromatic carbocycles. The molecule has 0 unspecified atom stereocenters. The molecule has 2 heterocycles. The molecule has 2 fully saturated rings. The van der Waals surface area contributed by atoms with Gasteiger partial charge in [0.1, 0.15) is 0 Å². The van der Waals surface area contributed by atoms with E-state index in [1.165, 1.54) is 0 Å². The monoisotopic (exact) mass is 349 g/mol. The van der Waals surface area contributed by atoms with Crippen molar-refractivity contribution in [3.63, 3.8) is 0 Å². The van der Waals surface area contributed by atoms with Crippen LogP contribution in [0.25, 0.3) is 0 Å². The summed E-state index contributed by atoms with van der Waals surface area (Å²) in [6.45, 7) is 9.29. The van der Waals surface area contributed by atoms with Crippen molar-refractivity contribution in [3.05, 3.63) is 35.9 Å². The molecule has 6 nitrogen and oxygen atoms in total. The van der Waals surface area contributed by atoms with Crippen molar-refractivity contribution < 1.29 is 14.9 Å². The van der Waals surface area contributed by atoms with Crippen molar-refractivity contribution in [1.29, 1.82) is 0 Å². The first kappa shape index (κ1) is 18.8. The highest BCUT2D eigenvalue weighted by Crippen LogP contribution is 2.15. The van der Waals surface area contributed by atoms with Gasteiger partial charge in [-0.15, -0.1) is 0 Å². The van der Waals surface area contributed by atoms with Gasteiger partial charge in [-0.1, -0.05) is 30.3 Å². The minimum absolute atomic E-state index is 0.306. The van der Waals surface area contributed by atoms with Crippen molar-refractivity contribution in [2.24, 2.45) is 0 Å². The normalized spacial score (nSPS) is 23.4. The summed E-state index contributed by atoms with van der Waals surface area (Å²) in [5, 5.41) is 20.7. The van der Waals surface area contributed by atoms with E-state index in [0.717, 1.165) is 71.1 Å². The Morgan fingerprint density at radius 3 is 1.88 bits per heavy atom. The molecular formula is C19H31N3O3. The van der Waals surface area contributed by atoms with Gasteiger partial charge < -0.3 is 14.9 Å². The molecule has 0 amide bonds. The maximum absolute atomic E-state index is 10.4. The molecule has 2 saturated heterocycles. The van der Waals surface area contributed by atoms with Crippen LogP contribution in [0.5, 0.6) is 0 Å². The van der Waals surface area contributed by atoms with E-state index < -0.39 is 6.10 Å². The summed E-state index contributed by atoms with van der Waals surface area (Å²) in [4.78, 5) is 6.92. The van der Waals surface area contributed by atoms with Gasteiger partial charge in [-0.3, -0.25) is 14.7 Å². The minimum atomic E-state index is -0.431. The minimum Gasteiger partial charge on any atom is -0.390 e. The van der Waals surface area contributed by atoms with Gasteiger partial charge in [-0.05, 0) is 5.56 Å². The first-order valence-corrected chi connectivity index (χ1v) is 9.36. The standard InChI is InChI=1S/C19H31N3O3/c23-18(15-22-10-12-25-13-11-22)14-20-6-8-21(9-7-20)16-19(24)17-4-2-1-3-5-17/h1-5,18-19,23-24H,6-16H2/t18-,19+/m0/s1. The quantitative estimate of drug-likeness (QED) is 0.724. The molecule has 25 heavy (non-hydrogen) atoms. The van der Waals surface area contributed by atoms with Crippen LogP contribution in [0.15, 0.2) is 30.3 Å². The van der Waals surface area contributed by atoms with E-state index in [0.29, 0.717) is 6.54 Å². The lowest BCUT2D eigenvalue weighted by molar-refractivity contribution is 0.000288. The number of nitrogens with zero attached hydrogens (tertiary/aromatic N) is 3. The van der Waals surface area contributed by atoms with E-state index in [1.807, 2.05) is 30.3 Å². The molecule has 0 radical (unpaired) electrons. The number of aliphatic hydroxyl groups is 2. The molecule has 2 N–H and O–H groups in total. The summed E-state index contributed by atoms with van der Waals surface area (Å²) in [5.74, 6) is 0. The van der Waals surface area contributed by atoms with E-state index in [-0.39, 0.29) is 6.10 Å². The fraction of sp³-hybridized carbons (Fsp3) is 0.684. The SMILES string of the molecule is O[C@H](CN1CCOCC1)CN1CCN(C[C@@H](O)c2ccccc2)CC1. The lowest BCUT2D eigenvalue weighted by Crippen LogP contribution is -2.51. The fourth-order valence-electron chi connectivity index (χ4n) is 3.62. The highest BCUT2D eigenvalue weighted by molar-refractivity contribution is 5.17. The molecule has 0 aliphatic carbocycles. The predicted molar refractivity (Wildman–Crippen MR) is 97.5 cm³/mol. The van der Waals surface area contributed by atoms with E-state index in [9.17, 15) is 10.2 Å². The zero-order chi connectivity index (χ0) is 17.5. The van der Waals surface area contributed by atoms with Gasteiger partial charge >= 0.3 is 0 Å². The van der Waals surface area contributed by atoms with Gasteiger partial charge in [0.15, 0.2) is 0 Å². The average Bonchev–Trinajstić information content (AvgIpc) is 2.65. The lowest BCUT2D eigenvalue weighted by atomic mass is 10.1. The molecule has 2 aliphatic heterocycles. The number of morpholine rings is 1. The third kappa shape index (κ3) is 6.02. The summed E-state index contributed by atoms with van der Waals surface area (Å²) in [6, 6.07) is 9.85. The van der Waals surface area contributed by atoms with Crippen LogP contribution in [-0.2, 0) is 4.74 Å². The van der Waals surface area contributed by atoms with Crippen LogP contribution < -0.4 is 0 Å². The number of hydrogen-bond donors (Lipinski definition) is 2. The zero-order valence-electron chi connectivity index (χ0n) is 15.0. The van der Waals surface area contributed by atoms with Gasteiger partial charge in [-0.25, -0.2) is 0 Å². The van der Waals surface area contributed by atoms with Crippen LogP contribution in [0.2, 0.25) is 0 Å². The molecular weight excluding hydrogens is 318 g/mol. The van der Waals surface area contributed by atoms with Gasteiger partial charge in [0.2, 0.25) is 0 Å². The number of piperazine rings is 1.